The van der Waals surface area contributed by atoms with E-state index in [0.29, 0.717) is 5.01 Å². The molecule has 0 fully saturated rings. The van der Waals surface area contributed by atoms with Crippen LogP contribution in [0.1, 0.15) is 5.01 Å². The zero-order chi connectivity index (χ0) is 13.5. The molecular formula is C12H11N3O2S2. The molecule has 3 rings (SSSR count). The number of hydrogen-bond donors (Lipinski definition) is 0. The average molecular weight is 293 g/mol. The van der Waals surface area contributed by atoms with Gasteiger partial charge in [0.1, 0.15) is 10.8 Å². The first-order valence-corrected chi connectivity index (χ1v) is 8.08. The molecule has 2 aromatic heterocycles. The van der Waals surface area contributed by atoms with Crippen LogP contribution in [0.3, 0.4) is 0 Å². The Morgan fingerprint density at radius 3 is 2.79 bits per heavy atom. The number of thiazole rings is 1. The maximum absolute atomic E-state index is 12.2. The predicted molar refractivity (Wildman–Crippen MR) is 73.7 cm³/mol. The fraction of sp³-hybridized carbons (Fsp3) is 0.167. The van der Waals surface area contributed by atoms with Crippen molar-refractivity contribution in [1.29, 1.82) is 0 Å². The first kappa shape index (κ1) is 12.3. The Morgan fingerprint density at radius 1 is 1.32 bits per heavy atom. The van der Waals surface area contributed by atoms with Crippen LogP contribution < -0.4 is 0 Å². The molecule has 0 atom stereocenters. The van der Waals surface area contributed by atoms with Crippen LogP contribution in [0.25, 0.3) is 10.2 Å². The van der Waals surface area contributed by atoms with Crippen LogP contribution in [0.2, 0.25) is 0 Å². The van der Waals surface area contributed by atoms with Crippen molar-refractivity contribution >= 4 is 31.4 Å². The van der Waals surface area contributed by atoms with Crippen LogP contribution in [0.5, 0.6) is 0 Å². The van der Waals surface area contributed by atoms with Gasteiger partial charge < -0.3 is 4.57 Å². The van der Waals surface area contributed by atoms with Crippen molar-refractivity contribution < 1.29 is 8.42 Å². The molecule has 98 valence electrons. The molecule has 0 unspecified atom stereocenters. The third-order valence-electron chi connectivity index (χ3n) is 2.71. The molecule has 0 aliphatic rings. The zero-order valence-electron chi connectivity index (χ0n) is 10.1. The maximum atomic E-state index is 12.2. The molecule has 0 saturated carbocycles. The highest BCUT2D eigenvalue weighted by Crippen LogP contribution is 2.24. The smallest absolute Gasteiger partial charge is 0.227 e. The lowest BCUT2D eigenvalue weighted by molar-refractivity contribution is 0.578. The highest BCUT2D eigenvalue weighted by molar-refractivity contribution is 7.90. The molecule has 2 heterocycles. The summed E-state index contributed by atoms with van der Waals surface area (Å²) in [7, 11) is -1.78. The molecule has 0 radical (unpaired) electrons. The summed E-state index contributed by atoms with van der Waals surface area (Å²) in [6.45, 7) is 0. The number of benzene rings is 1. The first-order chi connectivity index (χ1) is 9.06. The average Bonchev–Trinajstić information content (AvgIpc) is 2.93. The van der Waals surface area contributed by atoms with Gasteiger partial charge in [-0.2, -0.15) is 0 Å². The second-order valence-electron chi connectivity index (χ2n) is 4.16. The third-order valence-corrected chi connectivity index (χ3v) is 5.53. The SMILES string of the molecule is Cn1ccnc1S(=O)(=O)Cc1nc2ccccc2s1. The molecule has 0 saturated heterocycles. The van der Waals surface area contributed by atoms with Gasteiger partial charge in [0.25, 0.3) is 0 Å². The summed E-state index contributed by atoms with van der Waals surface area (Å²) in [4.78, 5) is 8.23. The Morgan fingerprint density at radius 2 is 2.11 bits per heavy atom. The topological polar surface area (TPSA) is 64.8 Å². The number of aryl methyl sites for hydroxylation is 1. The highest BCUT2D eigenvalue weighted by Gasteiger charge is 2.21. The van der Waals surface area contributed by atoms with E-state index in [2.05, 4.69) is 9.97 Å². The van der Waals surface area contributed by atoms with Crippen molar-refractivity contribution in [2.24, 2.45) is 7.05 Å². The van der Waals surface area contributed by atoms with Gasteiger partial charge in [-0.25, -0.2) is 18.4 Å². The van der Waals surface area contributed by atoms with Crippen molar-refractivity contribution in [2.75, 3.05) is 0 Å². The van der Waals surface area contributed by atoms with Gasteiger partial charge in [-0.15, -0.1) is 11.3 Å². The van der Waals surface area contributed by atoms with E-state index in [1.54, 1.807) is 13.2 Å². The number of nitrogens with zero attached hydrogens (tertiary/aromatic N) is 3. The Labute approximate surface area is 114 Å². The minimum absolute atomic E-state index is 0.0757. The van der Waals surface area contributed by atoms with Crippen molar-refractivity contribution in [2.45, 2.75) is 10.9 Å². The van der Waals surface area contributed by atoms with Gasteiger partial charge in [0.2, 0.25) is 15.0 Å². The fourth-order valence-corrected chi connectivity index (χ4v) is 4.56. The summed E-state index contributed by atoms with van der Waals surface area (Å²) >= 11 is 1.40. The summed E-state index contributed by atoms with van der Waals surface area (Å²) in [5.74, 6) is -0.114. The molecule has 3 aromatic rings. The number of fused-ring (bicyclic) bond motifs is 1. The molecule has 5 nitrogen and oxygen atoms in total. The second-order valence-corrected chi connectivity index (χ2v) is 7.15. The number of imidazole rings is 1. The number of para-hydroxylation sites is 1. The maximum Gasteiger partial charge on any atom is 0.227 e. The molecule has 7 heteroatoms. The van der Waals surface area contributed by atoms with Crippen LogP contribution >= 0.6 is 11.3 Å². The van der Waals surface area contributed by atoms with E-state index in [1.165, 1.54) is 22.1 Å². The van der Waals surface area contributed by atoms with Crippen LogP contribution in [-0.2, 0) is 22.6 Å². The summed E-state index contributed by atoms with van der Waals surface area (Å²) in [5.41, 5.74) is 0.831. The quantitative estimate of drug-likeness (QED) is 0.741. The lowest BCUT2D eigenvalue weighted by Crippen LogP contribution is -2.10. The molecule has 0 amide bonds. The molecule has 19 heavy (non-hydrogen) atoms. The summed E-state index contributed by atoms with van der Waals surface area (Å²) in [6.07, 6.45) is 3.09. The van der Waals surface area contributed by atoms with Gasteiger partial charge in [-0.3, -0.25) is 0 Å². The Hall–Kier alpha value is -1.73. The van der Waals surface area contributed by atoms with Gasteiger partial charge in [0.05, 0.1) is 10.2 Å². The number of hydrogen-bond acceptors (Lipinski definition) is 5. The van der Waals surface area contributed by atoms with Crippen molar-refractivity contribution in [3.05, 3.63) is 41.7 Å². The molecule has 1 aromatic carbocycles. The predicted octanol–water partition coefficient (Wildman–Crippen LogP) is 2.00. The Kier molecular flexibility index (Phi) is 2.87. The van der Waals surface area contributed by atoms with E-state index >= 15 is 0 Å². The van der Waals surface area contributed by atoms with Gasteiger partial charge in [0, 0.05) is 19.4 Å². The van der Waals surface area contributed by atoms with E-state index in [9.17, 15) is 8.42 Å². The third kappa shape index (κ3) is 2.26. The monoisotopic (exact) mass is 293 g/mol. The van der Waals surface area contributed by atoms with E-state index < -0.39 is 9.84 Å². The van der Waals surface area contributed by atoms with Crippen LogP contribution in [0, 0.1) is 0 Å². The van der Waals surface area contributed by atoms with Crippen molar-refractivity contribution in [1.82, 2.24) is 14.5 Å². The lowest BCUT2D eigenvalue weighted by Gasteiger charge is -2.01. The van der Waals surface area contributed by atoms with Crippen LogP contribution in [0.15, 0.2) is 41.8 Å². The molecule has 0 bridgehead atoms. The van der Waals surface area contributed by atoms with Crippen molar-refractivity contribution in [3.8, 4) is 0 Å². The summed E-state index contributed by atoms with van der Waals surface area (Å²) in [6, 6.07) is 7.61. The van der Waals surface area contributed by atoms with Gasteiger partial charge >= 0.3 is 0 Å². The van der Waals surface area contributed by atoms with E-state index in [0.717, 1.165) is 10.2 Å². The fourth-order valence-electron chi connectivity index (χ4n) is 1.86. The zero-order valence-corrected chi connectivity index (χ0v) is 11.8. The Balaban J connectivity index is 1.99. The molecule has 0 aliphatic heterocycles. The highest BCUT2D eigenvalue weighted by atomic mass is 32.2. The second kappa shape index (κ2) is 4.43. The first-order valence-electron chi connectivity index (χ1n) is 5.61. The minimum atomic E-state index is -3.45. The van der Waals surface area contributed by atoms with Gasteiger partial charge in [-0.1, -0.05) is 12.1 Å². The summed E-state index contributed by atoms with van der Waals surface area (Å²) < 4.78 is 27.0. The van der Waals surface area contributed by atoms with E-state index in [1.807, 2.05) is 24.3 Å². The van der Waals surface area contributed by atoms with Crippen molar-refractivity contribution in [3.63, 3.8) is 0 Å². The standard InChI is InChI=1S/C12H11N3O2S2/c1-15-7-6-13-12(15)19(16,17)8-11-14-9-4-2-3-5-10(9)18-11/h2-7H,8H2,1H3. The summed E-state index contributed by atoms with van der Waals surface area (Å²) in [5, 5.41) is 0.663. The van der Waals surface area contributed by atoms with Gasteiger partial charge in [-0.05, 0) is 12.1 Å². The molecular weight excluding hydrogens is 282 g/mol. The largest absolute Gasteiger partial charge is 0.325 e. The van der Waals surface area contributed by atoms with E-state index in [4.69, 9.17) is 0 Å². The number of rotatable bonds is 3. The lowest BCUT2D eigenvalue weighted by atomic mass is 10.3. The number of aromatic nitrogens is 3. The minimum Gasteiger partial charge on any atom is -0.325 e. The molecule has 0 N–H and O–H groups in total. The molecule has 0 aliphatic carbocycles. The van der Waals surface area contributed by atoms with E-state index in [-0.39, 0.29) is 10.9 Å². The number of sulfone groups is 1. The Bertz CT molecular complexity index is 800. The normalized spacial score (nSPS) is 12.1. The van der Waals surface area contributed by atoms with Gasteiger partial charge in [0.15, 0.2) is 0 Å². The molecule has 0 spiro atoms. The van der Waals surface area contributed by atoms with Crippen LogP contribution in [-0.4, -0.2) is 23.0 Å². The van der Waals surface area contributed by atoms with Crippen LogP contribution in [0.4, 0.5) is 0 Å².